The van der Waals surface area contributed by atoms with Gasteiger partial charge < -0.3 is 14.4 Å². The van der Waals surface area contributed by atoms with E-state index in [2.05, 4.69) is 32.7 Å². The summed E-state index contributed by atoms with van der Waals surface area (Å²) in [5.41, 5.74) is 2.34. The molecule has 0 saturated carbocycles. The second-order valence-corrected chi connectivity index (χ2v) is 5.74. The van der Waals surface area contributed by atoms with E-state index in [0.29, 0.717) is 0 Å². The third-order valence-electron chi connectivity index (χ3n) is 3.35. The van der Waals surface area contributed by atoms with E-state index in [0.717, 1.165) is 33.9 Å². The summed E-state index contributed by atoms with van der Waals surface area (Å²) >= 11 is 3.40. The lowest BCUT2D eigenvalue weighted by atomic mass is 10.1. The van der Waals surface area contributed by atoms with Crippen molar-refractivity contribution in [3.05, 3.63) is 46.1 Å². The summed E-state index contributed by atoms with van der Waals surface area (Å²) in [6.45, 7) is 2.82. The Hall–Kier alpha value is -1.75. The maximum absolute atomic E-state index is 5.37. The fraction of sp³-hybridized carbons (Fsp3) is 0.312. The van der Waals surface area contributed by atoms with Gasteiger partial charge in [-0.3, -0.25) is 0 Å². The maximum atomic E-state index is 5.37. The molecule has 0 unspecified atom stereocenters. The number of benzene rings is 1. The molecule has 0 spiro atoms. The lowest BCUT2D eigenvalue weighted by molar-refractivity contribution is 0.354. The van der Waals surface area contributed by atoms with Crippen molar-refractivity contribution in [3.8, 4) is 11.5 Å². The Morgan fingerprint density at radius 2 is 1.81 bits per heavy atom. The van der Waals surface area contributed by atoms with Crippen molar-refractivity contribution >= 4 is 21.7 Å². The van der Waals surface area contributed by atoms with Crippen LogP contribution in [0.5, 0.6) is 11.5 Å². The van der Waals surface area contributed by atoms with E-state index in [-0.39, 0.29) is 0 Å². The smallest absolute Gasteiger partial charge is 0.161 e. The number of rotatable bonds is 5. The fourth-order valence-electron chi connectivity index (χ4n) is 2.12. The first-order chi connectivity index (χ1) is 10.0. The molecule has 0 N–H and O–H groups in total. The Balaban J connectivity index is 2.24. The van der Waals surface area contributed by atoms with Crippen LogP contribution in [0.4, 0.5) is 5.82 Å². The van der Waals surface area contributed by atoms with Gasteiger partial charge in [0.25, 0.3) is 0 Å². The molecule has 0 saturated heterocycles. The van der Waals surface area contributed by atoms with Crippen LogP contribution in [0.2, 0.25) is 0 Å². The van der Waals surface area contributed by atoms with Gasteiger partial charge in [0.1, 0.15) is 5.82 Å². The first-order valence-electron chi connectivity index (χ1n) is 6.59. The van der Waals surface area contributed by atoms with Gasteiger partial charge >= 0.3 is 0 Å². The molecule has 0 amide bonds. The van der Waals surface area contributed by atoms with Gasteiger partial charge in [0.15, 0.2) is 11.5 Å². The largest absolute Gasteiger partial charge is 0.493 e. The Kier molecular flexibility index (Phi) is 5.07. The molecule has 0 bridgehead atoms. The van der Waals surface area contributed by atoms with Crippen molar-refractivity contribution in [1.29, 1.82) is 0 Å². The highest BCUT2D eigenvalue weighted by Crippen LogP contribution is 2.31. The zero-order chi connectivity index (χ0) is 15.4. The third-order valence-corrected chi connectivity index (χ3v) is 3.82. The van der Waals surface area contributed by atoms with Crippen LogP contribution in [0.3, 0.4) is 0 Å². The summed E-state index contributed by atoms with van der Waals surface area (Å²) in [5, 5.41) is 0. The van der Waals surface area contributed by atoms with Gasteiger partial charge in [-0.2, -0.15) is 0 Å². The summed E-state index contributed by atoms with van der Waals surface area (Å²) in [5.74, 6) is 2.42. The Morgan fingerprint density at radius 1 is 1.14 bits per heavy atom. The zero-order valence-corrected chi connectivity index (χ0v) is 14.3. The van der Waals surface area contributed by atoms with E-state index in [1.807, 2.05) is 31.3 Å². The molecule has 0 aliphatic heterocycles. The van der Waals surface area contributed by atoms with Crippen molar-refractivity contribution in [3.63, 3.8) is 0 Å². The van der Waals surface area contributed by atoms with Crippen molar-refractivity contribution < 1.29 is 9.47 Å². The van der Waals surface area contributed by atoms with E-state index in [1.165, 1.54) is 5.56 Å². The number of nitrogens with zero attached hydrogens (tertiary/aromatic N) is 2. The van der Waals surface area contributed by atoms with Crippen molar-refractivity contribution in [1.82, 2.24) is 4.98 Å². The van der Waals surface area contributed by atoms with Gasteiger partial charge in [0, 0.05) is 24.3 Å². The summed E-state index contributed by atoms with van der Waals surface area (Å²) in [6, 6.07) is 7.99. The van der Waals surface area contributed by atoms with Crippen LogP contribution in [0.1, 0.15) is 11.1 Å². The SMILES string of the molecule is COc1cc(C)c(CN(C)c2ccc(Br)cn2)cc1OC. The molecule has 0 aliphatic rings. The van der Waals surface area contributed by atoms with Crippen LogP contribution in [0.25, 0.3) is 0 Å². The summed E-state index contributed by atoms with van der Waals surface area (Å²) in [7, 11) is 5.32. The summed E-state index contributed by atoms with van der Waals surface area (Å²) in [4.78, 5) is 6.50. The number of hydrogen-bond acceptors (Lipinski definition) is 4. The number of aromatic nitrogens is 1. The van der Waals surface area contributed by atoms with E-state index in [1.54, 1.807) is 20.4 Å². The predicted octanol–water partition coefficient (Wildman–Crippen LogP) is 3.81. The molecule has 112 valence electrons. The van der Waals surface area contributed by atoms with E-state index < -0.39 is 0 Å². The highest BCUT2D eigenvalue weighted by Gasteiger charge is 2.11. The van der Waals surface area contributed by atoms with E-state index >= 15 is 0 Å². The lowest BCUT2D eigenvalue weighted by Crippen LogP contribution is -2.18. The average Bonchev–Trinajstić information content (AvgIpc) is 2.49. The van der Waals surface area contributed by atoms with Gasteiger partial charge in [0.2, 0.25) is 0 Å². The third kappa shape index (κ3) is 3.67. The lowest BCUT2D eigenvalue weighted by Gasteiger charge is -2.20. The fourth-order valence-corrected chi connectivity index (χ4v) is 2.36. The number of pyridine rings is 1. The molecule has 1 heterocycles. The highest BCUT2D eigenvalue weighted by atomic mass is 79.9. The summed E-state index contributed by atoms with van der Waals surface area (Å²) < 4.78 is 11.7. The second kappa shape index (κ2) is 6.80. The van der Waals surface area contributed by atoms with Crippen LogP contribution >= 0.6 is 15.9 Å². The second-order valence-electron chi connectivity index (χ2n) is 4.82. The van der Waals surface area contributed by atoms with Gasteiger partial charge in [0.05, 0.1) is 14.2 Å². The maximum Gasteiger partial charge on any atom is 0.161 e. The number of aryl methyl sites for hydroxylation is 1. The number of hydrogen-bond donors (Lipinski definition) is 0. The molecule has 2 aromatic rings. The molecule has 21 heavy (non-hydrogen) atoms. The van der Waals surface area contributed by atoms with Crippen molar-refractivity contribution in [2.24, 2.45) is 0 Å². The summed E-state index contributed by atoms with van der Waals surface area (Å²) in [6.07, 6.45) is 1.80. The Bertz CT molecular complexity index is 614. The molecule has 0 atom stereocenters. The first-order valence-corrected chi connectivity index (χ1v) is 7.38. The zero-order valence-electron chi connectivity index (χ0n) is 12.7. The number of anilines is 1. The quantitative estimate of drug-likeness (QED) is 0.821. The van der Waals surface area contributed by atoms with Gasteiger partial charge in [-0.1, -0.05) is 0 Å². The van der Waals surface area contributed by atoms with Crippen molar-refractivity contribution in [2.75, 3.05) is 26.2 Å². The predicted molar refractivity (Wildman–Crippen MR) is 88.3 cm³/mol. The minimum absolute atomic E-state index is 0.746. The van der Waals surface area contributed by atoms with Crippen LogP contribution in [0, 0.1) is 6.92 Å². The minimum Gasteiger partial charge on any atom is -0.493 e. The average molecular weight is 351 g/mol. The molecule has 4 nitrogen and oxygen atoms in total. The van der Waals surface area contributed by atoms with E-state index in [4.69, 9.17) is 9.47 Å². The molecule has 1 aromatic heterocycles. The molecular weight excluding hydrogens is 332 g/mol. The first kappa shape index (κ1) is 15.6. The number of halogens is 1. The molecule has 5 heteroatoms. The number of ether oxygens (including phenoxy) is 2. The van der Waals surface area contributed by atoms with Gasteiger partial charge in [-0.05, 0) is 58.2 Å². The van der Waals surface area contributed by atoms with Crippen LogP contribution in [0.15, 0.2) is 34.9 Å². The molecule has 0 aliphatic carbocycles. The van der Waals surface area contributed by atoms with Crippen LogP contribution < -0.4 is 14.4 Å². The molecule has 1 aromatic carbocycles. The minimum atomic E-state index is 0.746. The monoisotopic (exact) mass is 350 g/mol. The Morgan fingerprint density at radius 3 is 2.38 bits per heavy atom. The highest BCUT2D eigenvalue weighted by molar-refractivity contribution is 9.10. The van der Waals surface area contributed by atoms with Crippen LogP contribution in [-0.2, 0) is 6.54 Å². The van der Waals surface area contributed by atoms with Crippen molar-refractivity contribution in [2.45, 2.75) is 13.5 Å². The normalized spacial score (nSPS) is 10.3. The molecule has 0 fully saturated rings. The van der Waals surface area contributed by atoms with E-state index in [9.17, 15) is 0 Å². The standard InChI is InChI=1S/C16H19BrN2O2/c1-11-7-14(20-3)15(21-4)8-12(11)10-19(2)16-6-5-13(17)9-18-16/h5-9H,10H2,1-4H3. The molecular formula is C16H19BrN2O2. The van der Waals surface area contributed by atoms with Gasteiger partial charge in [-0.15, -0.1) is 0 Å². The van der Waals surface area contributed by atoms with Gasteiger partial charge in [-0.25, -0.2) is 4.98 Å². The topological polar surface area (TPSA) is 34.6 Å². The molecule has 0 radical (unpaired) electrons. The molecule has 2 rings (SSSR count). The number of methoxy groups -OCH3 is 2. The van der Waals surface area contributed by atoms with Crippen LogP contribution in [-0.4, -0.2) is 26.3 Å². The Labute approximate surface area is 133 Å².